The average Bonchev–Trinajstić information content (AvgIpc) is 3.20. The number of likely N-dealkylation sites (tertiary alicyclic amines) is 1. The summed E-state index contributed by atoms with van der Waals surface area (Å²) in [5.41, 5.74) is 3.39. The summed E-state index contributed by atoms with van der Waals surface area (Å²) in [5, 5.41) is 8.83. The normalized spacial score (nSPS) is 18.7. The van der Waals surface area contributed by atoms with Crippen molar-refractivity contribution in [3.8, 4) is 0 Å². The van der Waals surface area contributed by atoms with Crippen molar-refractivity contribution in [2.24, 2.45) is 7.05 Å². The van der Waals surface area contributed by atoms with Crippen molar-refractivity contribution in [2.45, 2.75) is 57.9 Å². The molecule has 1 N–H and O–H groups in total. The Morgan fingerprint density at radius 3 is 2.60 bits per heavy atom. The number of hydrogen-bond acceptors (Lipinski definition) is 6. The lowest BCUT2D eigenvalue weighted by Gasteiger charge is -2.31. The predicted molar refractivity (Wildman–Crippen MR) is 114 cm³/mol. The van der Waals surface area contributed by atoms with Crippen LogP contribution in [0.4, 0.5) is 5.82 Å². The largest absolute Gasteiger partial charge is 0.442 e. The molecule has 0 aromatic carbocycles. The molecule has 0 unspecified atom stereocenters. The number of aryl methyl sites for hydroxylation is 3. The monoisotopic (exact) mass is 408 g/mol. The molecule has 8 nitrogen and oxygen atoms in total. The third kappa shape index (κ3) is 3.24. The molecule has 1 amide bonds. The summed E-state index contributed by atoms with van der Waals surface area (Å²) in [7, 11) is 1.97. The number of carbonyl (C=O) groups excluding carboxylic acids is 1. The van der Waals surface area contributed by atoms with Crippen LogP contribution in [0.15, 0.2) is 16.8 Å². The van der Waals surface area contributed by atoms with E-state index >= 15 is 0 Å². The quantitative estimate of drug-likeness (QED) is 0.710. The molecule has 1 saturated carbocycles. The van der Waals surface area contributed by atoms with Gasteiger partial charge in [-0.1, -0.05) is 0 Å². The van der Waals surface area contributed by atoms with Gasteiger partial charge >= 0.3 is 0 Å². The minimum absolute atomic E-state index is 0.000649. The highest BCUT2D eigenvalue weighted by molar-refractivity contribution is 6.10. The SMILES string of the molecule is Cc1oc2ncnc(NC3(C)CC3)c2c1C(=O)N1CCC(c2cc(C)n(C)n2)CC1. The van der Waals surface area contributed by atoms with Gasteiger partial charge in [-0.3, -0.25) is 9.48 Å². The Kier molecular flexibility index (Phi) is 4.34. The molecule has 3 aromatic rings. The molecule has 5 rings (SSSR count). The molecule has 8 heteroatoms. The minimum Gasteiger partial charge on any atom is -0.442 e. The Hall–Kier alpha value is -2.90. The molecular weight excluding hydrogens is 380 g/mol. The summed E-state index contributed by atoms with van der Waals surface area (Å²) in [6.07, 6.45) is 5.51. The standard InChI is InChI=1S/C22H28N6O2/c1-13-11-16(26-27(13)4)15-5-9-28(10-6-15)21(29)17-14(2)30-20-18(17)19(23-12-24-20)25-22(3)7-8-22/h11-12,15H,5-10H2,1-4H3,(H,23,24,25). The van der Waals surface area contributed by atoms with Crippen LogP contribution in [0.5, 0.6) is 0 Å². The van der Waals surface area contributed by atoms with Gasteiger partial charge < -0.3 is 14.6 Å². The summed E-state index contributed by atoms with van der Waals surface area (Å²) in [6.45, 7) is 7.48. The van der Waals surface area contributed by atoms with Gasteiger partial charge in [-0.25, -0.2) is 9.97 Å². The van der Waals surface area contributed by atoms with Crippen LogP contribution < -0.4 is 5.32 Å². The van der Waals surface area contributed by atoms with E-state index < -0.39 is 0 Å². The van der Waals surface area contributed by atoms with E-state index in [1.54, 1.807) is 0 Å². The van der Waals surface area contributed by atoms with Crippen LogP contribution in [-0.2, 0) is 7.05 Å². The number of anilines is 1. The molecular formula is C22H28N6O2. The Balaban J connectivity index is 1.39. The zero-order valence-corrected chi connectivity index (χ0v) is 18.0. The molecule has 1 aliphatic heterocycles. The van der Waals surface area contributed by atoms with E-state index in [1.807, 2.05) is 23.6 Å². The highest BCUT2D eigenvalue weighted by Gasteiger charge is 2.39. The van der Waals surface area contributed by atoms with Crippen molar-refractivity contribution >= 4 is 22.8 Å². The highest BCUT2D eigenvalue weighted by Crippen LogP contribution is 2.40. The van der Waals surface area contributed by atoms with Crippen molar-refractivity contribution < 1.29 is 9.21 Å². The maximum Gasteiger partial charge on any atom is 0.258 e. The molecule has 2 fully saturated rings. The van der Waals surface area contributed by atoms with Gasteiger partial charge in [0.05, 0.1) is 16.6 Å². The van der Waals surface area contributed by atoms with Crippen LogP contribution in [-0.4, -0.2) is 49.2 Å². The second-order valence-electron chi connectivity index (χ2n) is 9.02. The van der Waals surface area contributed by atoms with E-state index in [0.29, 0.717) is 47.2 Å². The molecule has 0 radical (unpaired) electrons. The lowest BCUT2D eigenvalue weighted by atomic mass is 9.93. The first-order valence-electron chi connectivity index (χ1n) is 10.7. The molecule has 3 aromatic heterocycles. The Morgan fingerprint density at radius 2 is 1.97 bits per heavy atom. The number of amides is 1. The van der Waals surface area contributed by atoms with Gasteiger partial charge in [0.2, 0.25) is 5.71 Å². The second kappa shape index (κ2) is 6.82. The lowest BCUT2D eigenvalue weighted by Crippen LogP contribution is -2.38. The summed E-state index contributed by atoms with van der Waals surface area (Å²) in [5.74, 6) is 1.69. The van der Waals surface area contributed by atoms with E-state index in [9.17, 15) is 4.79 Å². The third-order valence-electron chi connectivity index (χ3n) is 6.63. The minimum atomic E-state index is 0.000649. The summed E-state index contributed by atoms with van der Waals surface area (Å²) in [4.78, 5) is 24.1. The topological polar surface area (TPSA) is 89.1 Å². The number of nitrogens with one attached hydrogen (secondary N) is 1. The number of fused-ring (bicyclic) bond motifs is 1. The van der Waals surface area contributed by atoms with E-state index in [4.69, 9.17) is 4.42 Å². The highest BCUT2D eigenvalue weighted by atomic mass is 16.3. The third-order valence-corrected chi connectivity index (χ3v) is 6.63. The fourth-order valence-electron chi connectivity index (χ4n) is 4.32. The van der Waals surface area contributed by atoms with Crippen LogP contribution in [0.1, 0.15) is 66.0 Å². The van der Waals surface area contributed by atoms with Crippen molar-refractivity contribution in [3.05, 3.63) is 35.1 Å². The van der Waals surface area contributed by atoms with Crippen molar-refractivity contribution in [1.29, 1.82) is 0 Å². The number of hydrogen-bond donors (Lipinski definition) is 1. The van der Waals surface area contributed by atoms with Crippen LogP contribution in [0.3, 0.4) is 0 Å². The first-order chi connectivity index (χ1) is 14.3. The van der Waals surface area contributed by atoms with Gasteiger partial charge in [0.25, 0.3) is 5.91 Å². The molecule has 0 atom stereocenters. The van der Waals surface area contributed by atoms with Gasteiger partial charge in [0.15, 0.2) is 0 Å². The van der Waals surface area contributed by atoms with Crippen LogP contribution in [0.2, 0.25) is 0 Å². The number of furan rings is 1. The number of carbonyl (C=O) groups is 1. The molecule has 1 aliphatic carbocycles. The second-order valence-corrected chi connectivity index (χ2v) is 9.02. The fraction of sp³-hybridized carbons (Fsp3) is 0.545. The first-order valence-corrected chi connectivity index (χ1v) is 10.7. The van der Waals surface area contributed by atoms with Gasteiger partial charge in [-0.15, -0.1) is 0 Å². The first kappa shape index (κ1) is 19.1. The lowest BCUT2D eigenvalue weighted by molar-refractivity contribution is 0.0712. The number of nitrogens with zero attached hydrogens (tertiary/aromatic N) is 5. The van der Waals surface area contributed by atoms with Gasteiger partial charge in [0, 0.05) is 37.3 Å². The molecule has 2 aliphatic rings. The molecule has 0 bridgehead atoms. The molecule has 0 spiro atoms. The number of piperidine rings is 1. The van der Waals surface area contributed by atoms with Gasteiger partial charge in [0.1, 0.15) is 17.9 Å². The summed E-state index contributed by atoms with van der Waals surface area (Å²) in [6, 6.07) is 2.16. The zero-order valence-electron chi connectivity index (χ0n) is 18.0. The Labute approximate surface area is 175 Å². The molecule has 30 heavy (non-hydrogen) atoms. The van der Waals surface area contributed by atoms with Crippen molar-refractivity contribution in [2.75, 3.05) is 18.4 Å². The van der Waals surface area contributed by atoms with Crippen LogP contribution >= 0.6 is 0 Å². The van der Waals surface area contributed by atoms with E-state index in [2.05, 4.69) is 40.3 Å². The fourth-order valence-corrected chi connectivity index (χ4v) is 4.32. The Morgan fingerprint density at radius 1 is 1.23 bits per heavy atom. The van der Waals surface area contributed by atoms with Crippen molar-refractivity contribution in [3.63, 3.8) is 0 Å². The summed E-state index contributed by atoms with van der Waals surface area (Å²) >= 11 is 0. The number of aromatic nitrogens is 4. The molecule has 4 heterocycles. The smallest absolute Gasteiger partial charge is 0.258 e. The molecule has 1 saturated heterocycles. The van der Waals surface area contributed by atoms with Gasteiger partial charge in [-0.2, -0.15) is 5.10 Å². The van der Waals surface area contributed by atoms with E-state index in [0.717, 1.165) is 37.1 Å². The maximum atomic E-state index is 13.5. The maximum absolute atomic E-state index is 13.5. The predicted octanol–water partition coefficient (Wildman–Crippen LogP) is 3.56. The van der Waals surface area contributed by atoms with E-state index in [-0.39, 0.29) is 11.4 Å². The number of rotatable bonds is 4. The Bertz CT molecular complexity index is 1100. The molecule has 158 valence electrons. The van der Waals surface area contributed by atoms with Crippen molar-refractivity contribution in [1.82, 2.24) is 24.6 Å². The van der Waals surface area contributed by atoms with Gasteiger partial charge in [-0.05, 0) is 52.5 Å². The van der Waals surface area contributed by atoms with Crippen LogP contribution in [0.25, 0.3) is 11.1 Å². The van der Waals surface area contributed by atoms with E-state index in [1.165, 1.54) is 6.33 Å². The zero-order chi connectivity index (χ0) is 21.0. The average molecular weight is 409 g/mol. The van der Waals surface area contributed by atoms with Crippen LogP contribution in [0, 0.1) is 13.8 Å². The summed E-state index contributed by atoms with van der Waals surface area (Å²) < 4.78 is 7.76.